The molecule has 0 amide bonds. The van der Waals surface area contributed by atoms with E-state index in [1.54, 1.807) is 0 Å². The first-order valence-electron chi connectivity index (χ1n) is 7.35. The fraction of sp³-hybridized carbons (Fsp3) is 0.353. The molecule has 0 radical (unpaired) electrons. The van der Waals surface area contributed by atoms with Crippen LogP contribution < -0.4 is 0 Å². The molecule has 110 valence electrons. The van der Waals surface area contributed by atoms with Crippen LogP contribution in [0.5, 0.6) is 0 Å². The lowest BCUT2D eigenvalue weighted by atomic mass is 10.0. The second-order valence-electron chi connectivity index (χ2n) is 5.10. The maximum Gasteiger partial charge on any atom is 0.356 e. The summed E-state index contributed by atoms with van der Waals surface area (Å²) in [4.78, 5) is 18.8. The highest BCUT2D eigenvalue weighted by Gasteiger charge is 2.06. The Kier molecular flexibility index (Phi) is 5.43. The third-order valence-corrected chi connectivity index (χ3v) is 3.44. The van der Waals surface area contributed by atoms with Crippen molar-refractivity contribution >= 4 is 5.97 Å². The summed E-state index contributed by atoms with van der Waals surface area (Å²) in [6.07, 6.45) is 8.94. The molecule has 0 unspecified atom stereocenters. The fourth-order valence-corrected chi connectivity index (χ4v) is 2.19. The number of benzene rings is 1. The van der Waals surface area contributed by atoms with E-state index in [1.807, 2.05) is 12.1 Å². The van der Waals surface area contributed by atoms with E-state index in [9.17, 15) is 4.79 Å². The molecule has 0 saturated heterocycles. The van der Waals surface area contributed by atoms with Gasteiger partial charge in [-0.3, -0.25) is 4.98 Å². The van der Waals surface area contributed by atoms with Gasteiger partial charge in [0.05, 0.1) is 18.1 Å². The van der Waals surface area contributed by atoms with Gasteiger partial charge in [-0.05, 0) is 18.4 Å². The molecule has 1 heterocycles. The molecule has 0 aliphatic carbocycles. The first kappa shape index (κ1) is 15.2. The van der Waals surface area contributed by atoms with E-state index in [0.717, 1.165) is 12.0 Å². The zero-order chi connectivity index (χ0) is 15.1. The van der Waals surface area contributed by atoms with E-state index in [1.165, 1.54) is 43.6 Å². The molecular weight excluding hydrogens is 264 g/mol. The summed E-state index contributed by atoms with van der Waals surface area (Å²) in [6, 6.07) is 8.24. The number of hydrogen-bond acceptors (Lipinski definition) is 3. The first-order chi connectivity index (χ1) is 10.2. The molecule has 0 aliphatic rings. The maximum atomic E-state index is 10.7. The molecule has 4 nitrogen and oxygen atoms in total. The predicted octanol–water partition coefficient (Wildman–Crippen LogP) is 3.96. The Balaban J connectivity index is 1.99. The van der Waals surface area contributed by atoms with Crippen LogP contribution in [0.15, 0.2) is 36.7 Å². The number of aromatic nitrogens is 2. The molecule has 1 aromatic heterocycles. The average Bonchev–Trinajstić information content (AvgIpc) is 2.52. The number of carboxylic acids is 1. The predicted molar refractivity (Wildman–Crippen MR) is 82.3 cm³/mol. The van der Waals surface area contributed by atoms with Crippen molar-refractivity contribution in [1.29, 1.82) is 0 Å². The van der Waals surface area contributed by atoms with Crippen LogP contribution in [0.2, 0.25) is 0 Å². The lowest BCUT2D eigenvalue weighted by Gasteiger charge is -2.04. The number of aromatic carboxylic acids is 1. The summed E-state index contributed by atoms with van der Waals surface area (Å²) in [6.45, 7) is 2.21. The third kappa shape index (κ3) is 4.38. The van der Waals surface area contributed by atoms with Gasteiger partial charge < -0.3 is 5.11 Å². The number of hydrogen-bond donors (Lipinski definition) is 1. The van der Waals surface area contributed by atoms with Gasteiger partial charge in [-0.2, -0.15) is 0 Å². The fourth-order valence-electron chi connectivity index (χ4n) is 2.19. The molecule has 0 saturated carbocycles. The van der Waals surface area contributed by atoms with Gasteiger partial charge in [0.2, 0.25) is 0 Å². The van der Waals surface area contributed by atoms with Crippen molar-refractivity contribution in [3.8, 4) is 11.3 Å². The van der Waals surface area contributed by atoms with Crippen LogP contribution in [0.4, 0.5) is 0 Å². The number of carboxylic acid groups (broad SMARTS) is 1. The summed E-state index contributed by atoms with van der Waals surface area (Å²) in [5.41, 5.74) is 2.94. The Morgan fingerprint density at radius 2 is 1.81 bits per heavy atom. The van der Waals surface area contributed by atoms with Gasteiger partial charge in [0, 0.05) is 5.56 Å². The van der Waals surface area contributed by atoms with E-state index in [2.05, 4.69) is 29.0 Å². The van der Waals surface area contributed by atoms with Gasteiger partial charge in [-0.25, -0.2) is 9.78 Å². The van der Waals surface area contributed by atoms with Crippen molar-refractivity contribution in [2.24, 2.45) is 0 Å². The average molecular weight is 284 g/mol. The van der Waals surface area contributed by atoms with E-state index in [4.69, 9.17) is 5.11 Å². The molecule has 1 N–H and O–H groups in total. The summed E-state index contributed by atoms with van der Waals surface area (Å²) in [7, 11) is 0. The second-order valence-corrected chi connectivity index (χ2v) is 5.10. The SMILES string of the molecule is CCCCCCc1ccc(-c2cnc(C(=O)O)cn2)cc1. The molecule has 0 fully saturated rings. The van der Waals surface area contributed by atoms with Gasteiger partial charge >= 0.3 is 5.97 Å². The van der Waals surface area contributed by atoms with E-state index in [-0.39, 0.29) is 5.69 Å². The summed E-state index contributed by atoms with van der Waals surface area (Å²) in [5.74, 6) is -1.06. The Bertz CT molecular complexity index is 577. The molecule has 0 bridgehead atoms. The van der Waals surface area contributed by atoms with Gasteiger partial charge in [0.15, 0.2) is 5.69 Å². The third-order valence-electron chi connectivity index (χ3n) is 3.44. The smallest absolute Gasteiger partial charge is 0.356 e. The van der Waals surface area contributed by atoms with Crippen molar-refractivity contribution in [1.82, 2.24) is 9.97 Å². The quantitative estimate of drug-likeness (QED) is 0.781. The minimum absolute atomic E-state index is 0.0358. The summed E-state index contributed by atoms with van der Waals surface area (Å²) < 4.78 is 0. The molecular formula is C17H20N2O2. The van der Waals surface area contributed by atoms with Crippen molar-refractivity contribution in [3.05, 3.63) is 47.9 Å². The maximum absolute atomic E-state index is 10.7. The zero-order valence-electron chi connectivity index (χ0n) is 12.2. The molecule has 2 aromatic rings. The first-order valence-corrected chi connectivity index (χ1v) is 7.35. The molecule has 2 rings (SSSR count). The van der Waals surface area contributed by atoms with Crippen LogP contribution in [0, 0.1) is 0 Å². The Hall–Kier alpha value is -2.23. The highest BCUT2D eigenvalue weighted by molar-refractivity contribution is 5.85. The number of nitrogens with zero attached hydrogens (tertiary/aromatic N) is 2. The van der Waals surface area contributed by atoms with Gasteiger partial charge in [0.25, 0.3) is 0 Å². The van der Waals surface area contributed by atoms with Crippen molar-refractivity contribution in [2.75, 3.05) is 0 Å². The normalized spacial score (nSPS) is 10.5. The van der Waals surface area contributed by atoms with Gasteiger partial charge in [-0.1, -0.05) is 50.5 Å². The van der Waals surface area contributed by atoms with E-state index < -0.39 is 5.97 Å². The molecule has 21 heavy (non-hydrogen) atoms. The van der Waals surface area contributed by atoms with Crippen LogP contribution in [0.3, 0.4) is 0 Å². The number of rotatable bonds is 7. The van der Waals surface area contributed by atoms with Crippen LogP contribution in [0.1, 0.15) is 48.7 Å². The topological polar surface area (TPSA) is 63.1 Å². The molecule has 0 atom stereocenters. The Labute approximate surface area is 124 Å². The van der Waals surface area contributed by atoms with Crippen molar-refractivity contribution in [3.63, 3.8) is 0 Å². The van der Waals surface area contributed by atoms with Gasteiger partial charge in [-0.15, -0.1) is 0 Å². The molecule has 0 aliphatic heterocycles. The summed E-state index contributed by atoms with van der Waals surface area (Å²) in [5, 5.41) is 8.80. The van der Waals surface area contributed by atoms with Crippen molar-refractivity contribution in [2.45, 2.75) is 39.0 Å². The molecule has 1 aromatic carbocycles. The number of unbranched alkanes of at least 4 members (excludes halogenated alkanes) is 3. The van der Waals surface area contributed by atoms with Crippen LogP contribution in [-0.2, 0) is 6.42 Å². The van der Waals surface area contributed by atoms with Crippen LogP contribution in [0.25, 0.3) is 11.3 Å². The van der Waals surface area contributed by atoms with Crippen molar-refractivity contribution < 1.29 is 9.90 Å². The number of aryl methyl sites for hydroxylation is 1. The standard InChI is InChI=1S/C17H20N2O2/c1-2-3-4-5-6-13-7-9-14(10-8-13)15-11-19-16(12-18-15)17(20)21/h7-12H,2-6H2,1H3,(H,20,21). The monoisotopic (exact) mass is 284 g/mol. The Morgan fingerprint density at radius 3 is 2.38 bits per heavy atom. The summed E-state index contributed by atoms with van der Waals surface area (Å²) >= 11 is 0. The van der Waals surface area contributed by atoms with Crippen LogP contribution in [-0.4, -0.2) is 21.0 Å². The largest absolute Gasteiger partial charge is 0.476 e. The molecule has 4 heteroatoms. The van der Waals surface area contributed by atoms with E-state index >= 15 is 0 Å². The highest BCUT2D eigenvalue weighted by Crippen LogP contribution is 2.18. The highest BCUT2D eigenvalue weighted by atomic mass is 16.4. The lowest BCUT2D eigenvalue weighted by Crippen LogP contribution is -2.01. The minimum atomic E-state index is -1.06. The molecule has 0 spiro atoms. The lowest BCUT2D eigenvalue weighted by molar-refractivity contribution is 0.0690. The second kappa shape index (κ2) is 7.53. The number of carbonyl (C=O) groups is 1. The van der Waals surface area contributed by atoms with E-state index in [0.29, 0.717) is 5.69 Å². The Morgan fingerprint density at radius 1 is 1.05 bits per heavy atom. The minimum Gasteiger partial charge on any atom is -0.476 e. The van der Waals surface area contributed by atoms with Gasteiger partial charge in [0.1, 0.15) is 0 Å². The van der Waals surface area contributed by atoms with Crippen LogP contribution >= 0.6 is 0 Å². The zero-order valence-corrected chi connectivity index (χ0v) is 12.2.